The number of carbonyl (C=O) groups is 1. The molecule has 15 heavy (non-hydrogen) atoms. The average molecular weight is 267 g/mol. The lowest BCUT2D eigenvalue weighted by Gasteiger charge is -2.04. The molecule has 4 nitrogen and oxygen atoms in total. The monoisotopic (exact) mass is 266 g/mol. The Morgan fingerprint density at radius 3 is 3.00 bits per heavy atom. The van der Waals surface area contributed by atoms with Gasteiger partial charge in [0.1, 0.15) is 6.33 Å². The van der Waals surface area contributed by atoms with Crippen molar-refractivity contribution in [2.24, 2.45) is 0 Å². The summed E-state index contributed by atoms with van der Waals surface area (Å²) in [6.45, 7) is 0. The van der Waals surface area contributed by atoms with Crippen molar-refractivity contribution in [3.63, 3.8) is 0 Å². The maximum atomic E-state index is 11.5. The van der Waals surface area contributed by atoms with Gasteiger partial charge in [0.25, 0.3) is 0 Å². The number of rotatable bonds is 1. The van der Waals surface area contributed by atoms with Crippen molar-refractivity contribution in [2.45, 2.75) is 0 Å². The van der Waals surface area contributed by atoms with Crippen LogP contribution in [0.1, 0.15) is 10.4 Å². The van der Waals surface area contributed by atoms with Gasteiger partial charge in [0.2, 0.25) is 0 Å². The van der Waals surface area contributed by atoms with Crippen molar-refractivity contribution in [1.82, 2.24) is 9.97 Å². The molecule has 2 aromatic rings. The number of carbonyl (C=O) groups excluding carboxylic acids is 1. The number of aromatic nitrogens is 2. The van der Waals surface area contributed by atoms with E-state index in [0.717, 1.165) is 9.86 Å². The zero-order valence-electron chi connectivity index (χ0n) is 7.90. The van der Waals surface area contributed by atoms with E-state index in [1.165, 1.54) is 13.4 Å². The number of benzene rings is 1. The first-order valence-electron chi connectivity index (χ1n) is 4.20. The summed E-state index contributed by atoms with van der Waals surface area (Å²) in [5.41, 5.74) is 1.03. The Hall–Kier alpha value is -1.49. The number of hydrogen-bond acceptors (Lipinski definition) is 4. The van der Waals surface area contributed by atoms with Crippen LogP contribution < -0.4 is 0 Å². The van der Waals surface area contributed by atoms with Gasteiger partial charge >= 0.3 is 5.97 Å². The molecule has 0 fully saturated rings. The van der Waals surface area contributed by atoms with Gasteiger partial charge in [0, 0.05) is 16.1 Å². The Balaban J connectivity index is 2.76. The van der Waals surface area contributed by atoms with Gasteiger partial charge < -0.3 is 4.74 Å². The van der Waals surface area contributed by atoms with Crippen molar-refractivity contribution < 1.29 is 9.53 Å². The lowest BCUT2D eigenvalue weighted by Crippen LogP contribution is -2.03. The van der Waals surface area contributed by atoms with Crippen molar-refractivity contribution in [3.8, 4) is 0 Å². The van der Waals surface area contributed by atoms with Gasteiger partial charge in [-0.1, -0.05) is 15.9 Å². The lowest BCUT2D eigenvalue weighted by atomic mass is 10.1. The van der Waals surface area contributed by atoms with Gasteiger partial charge in [0.05, 0.1) is 18.2 Å². The number of methoxy groups -OCH3 is 1. The fraction of sp³-hybridized carbons (Fsp3) is 0.100. The molecule has 0 saturated carbocycles. The molecule has 0 aliphatic heterocycles. The van der Waals surface area contributed by atoms with Crippen molar-refractivity contribution in [3.05, 3.63) is 34.7 Å². The minimum absolute atomic E-state index is 0.403. The van der Waals surface area contributed by atoms with Gasteiger partial charge in [-0.2, -0.15) is 0 Å². The molecule has 2 rings (SSSR count). The fourth-order valence-corrected chi connectivity index (χ4v) is 1.81. The third-order valence-electron chi connectivity index (χ3n) is 1.98. The van der Waals surface area contributed by atoms with E-state index in [1.54, 1.807) is 12.3 Å². The number of fused-ring (bicyclic) bond motifs is 1. The Bertz CT molecular complexity index is 528. The van der Waals surface area contributed by atoms with Crippen LogP contribution in [0, 0.1) is 0 Å². The first kappa shape index (κ1) is 10.0. The van der Waals surface area contributed by atoms with Gasteiger partial charge in [-0.25, -0.2) is 14.8 Å². The molecule has 1 aromatic heterocycles. The maximum absolute atomic E-state index is 11.5. The molecule has 1 aromatic carbocycles. The summed E-state index contributed by atoms with van der Waals surface area (Å²) in [6.07, 6.45) is 3.06. The summed E-state index contributed by atoms with van der Waals surface area (Å²) >= 11 is 3.32. The average Bonchev–Trinajstić information content (AvgIpc) is 2.26. The molecule has 0 bridgehead atoms. The second-order valence-electron chi connectivity index (χ2n) is 2.91. The third kappa shape index (κ3) is 1.83. The molecule has 0 N–H and O–H groups in total. The molecular formula is C10H7BrN2O2. The lowest BCUT2D eigenvalue weighted by molar-refractivity contribution is 0.0602. The highest BCUT2D eigenvalue weighted by Crippen LogP contribution is 2.22. The second kappa shape index (κ2) is 3.94. The number of halogens is 1. The highest BCUT2D eigenvalue weighted by Gasteiger charge is 2.12. The van der Waals surface area contributed by atoms with Gasteiger partial charge in [0.15, 0.2) is 0 Å². The highest BCUT2D eigenvalue weighted by molar-refractivity contribution is 9.10. The van der Waals surface area contributed by atoms with E-state index < -0.39 is 5.97 Å². The van der Waals surface area contributed by atoms with E-state index in [4.69, 9.17) is 0 Å². The van der Waals surface area contributed by atoms with E-state index in [-0.39, 0.29) is 0 Å². The van der Waals surface area contributed by atoms with Crippen molar-refractivity contribution >= 4 is 32.8 Å². The first-order chi connectivity index (χ1) is 7.22. The summed E-state index contributed by atoms with van der Waals surface area (Å²) in [7, 11) is 1.34. The molecule has 0 unspecified atom stereocenters. The van der Waals surface area contributed by atoms with Crippen LogP contribution in [0.4, 0.5) is 0 Å². The number of nitrogens with zero attached hydrogens (tertiary/aromatic N) is 2. The van der Waals surface area contributed by atoms with Crippen LogP contribution in [0.25, 0.3) is 10.9 Å². The largest absolute Gasteiger partial charge is 0.465 e. The van der Waals surface area contributed by atoms with E-state index in [2.05, 4.69) is 30.6 Å². The SMILES string of the molecule is COC(=O)c1cc(Br)cc2cncnc12. The van der Waals surface area contributed by atoms with Crippen LogP contribution in [-0.4, -0.2) is 23.0 Å². The van der Waals surface area contributed by atoms with Crippen LogP contribution in [0.2, 0.25) is 0 Å². The zero-order chi connectivity index (χ0) is 10.8. The van der Waals surface area contributed by atoms with Crippen LogP contribution in [0.3, 0.4) is 0 Å². The van der Waals surface area contributed by atoms with Crippen LogP contribution in [0.15, 0.2) is 29.1 Å². The van der Waals surface area contributed by atoms with E-state index in [1.807, 2.05) is 6.07 Å². The second-order valence-corrected chi connectivity index (χ2v) is 3.82. The minimum atomic E-state index is -0.403. The summed E-state index contributed by atoms with van der Waals surface area (Å²) in [6, 6.07) is 3.53. The quantitative estimate of drug-likeness (QED) is 0.743. The first-order valence-corrected chi connectivity index (χ1v) is 4.99. The third-order valence-corrected chi connectivity index (χ3v) is 2.43. The molecule has 76 valence electrons. The van der Waals surface area contributed by atoms with Crippen molar-refractivity contribution in [2.75, 3.05) is 7.11 Å². The van der Waals surface area contributed by atoms with Gasteiger partial charge in [-0.3, -0.25) is 0 Å². The molecule has 0 aliphatic rings. The smallest absolute Gasteiger partial charge is 0.340 e. The Labute approximate surface area is 94.4 Å². The number of ether oxygens (including phenoxy) is 1. The molecule has 0 saturated heterocycles. The molecule has 5 heteroatoms. The van der Waals surface area contributed by atoms with Gasteiger partial charge in [-0.05, 0) is 12.1 Å². The van der Waals surface area contributed by atoms with E-state index in [9.17, 15) is 4.79 Å². The normalized spacial score (nSPS) is 10.3. The highest BCUT2D eigenvalue weighted by atomic mass is 79.9. The van der Waals surface area contributed by atoms with Crippen LogP contribution >= 0.6 is 15.9 Å². The molecular weight excluding hydrogens is 260 g/mol. The summed E-state index contributed by atoms with van der Waals surface area (Å²) < 4.78 is 5.48. The Morgan fingerprint density at radius 2 is 2.27 bits per heavy atom. The molecule has 0 radical (unpaired) electrons. The van der Waals surface area contributed by atoms with E-state index in [0.29, 0.717) is 11.1 Å². The summed E-state index contributed by atoms with van der Waals surface area (Å²) in [4.78, 5) is 19.4. The minimum Gasteiger partial charge on any atom is -0.465 e. The number of esters is 1. The maximum Gasteiger partial charge on any atom is 0.340 e. The Kier molecular flexibility index (Phi) is 2.64. The summed E-state index contributed by atoms with van der Waals surface area (Å²) in [5.74, 6) is -0.403. The molecule has 0 spiro atoms. The zero-order valence-corrected chi connectivity index (χ0v) is 9.48. The van der Waals surface area contributed by atoms with Crippen LogP contribution in [-0.2, 0) is 4.74 Å². The molecule has 0 aliphatic carbocycles. The standard InChI is InChI=1S/C10H7BrN2O2/c1-15-10(14)8-3-7(11)2-6-4-12-5-13-9(6)8/h2-5H,1H3. The summed E-state index contributed by atoms with van der Waals surface area (Å²) in [5, 5.41) is 0.798. The van der Waals surface area contributed by atoms with E-state index >= 15 is 0 Å². The number of hydrogen-bond donors (Lipinski definition) is 0. The topological polar surface area (TPSA) is 52.1 Å². The fourth-order valence-electron chi connectivity index (χ4n) is 1.33. The predicted molar refractivity (Wildman–Crippen MR) is 58.6 cm³/mol. The Morgan fingerprint density at radius 1 is 1.47 bits per heavy atom. The van der Waals surface area contributed by atoms with Crippen molar-refractivity contribution in [1.29, 1.82) is 0 Å². The van der Waals surface area contributed by atoms with Crippen LogP contribution in [0.5, 0.6) is 0 Å². The predicted octanol–water partition coefficient (Wildman–Crippen LogP) is 2.18. The molecule has 0 amide bonds. The molecule has 0 atom stereocenters. The van der Waals surface area contributed by atoms with Gasteiger partial charge in [-0.15, -0.1) is 0 Å². The molecule has 1 heterocycles.